The highest BCUT2D eigenvalue weighted by atomic mass is 16.5. The molecule has 0 aliphatic rings. The molecule has 0 heterocycles. The lowest BCUT2D eigenvalue weighted by atomic mass is 9.98. The second-order valence-corrected chi connectivity index (χ2v) is 4.22. The van der Waals surface area contributed by atoms with Gasteiger partial charge in [-0.2, -0.15) is 0 Å². The summed E-state index contributed by atoms with van der Waals surface area (Å²) in [5.74, 6) is 0.114. The molecule has 0 radical (unpaired) electrons. The van der Waals surface area contributed by atoms with Crippen LogP contribution >= 0.6 is 0 Å². The zero-order valence-electron chi connectivity index (χ0n) is 10.3. The molecule has 2 nitrogen and oxygen atoms in total. The van der Waals surface area contributed by atoms with E-state index in [9.17, 15) is 4.79 Å². The summed E-state index contributed by atoms with van der Waals surface area (Å²) in [7, 11) is 0. The molecule has 0 aromatic heterocycles. The highest BCUT2D eigenvalue weighted by Crippen LogP contribution is 2.19. The van der Waals surface area contributed by atoms with Crippen LogP contribution in [0.2, 0.25) is 0 Å². The normalized spacial score (nSPS) is 14.2. The van der Waals surface area contributed by atoms with Crippen LogP contribution in [0.25, 0.3) is 0 Å². The Labute approximate surface area is 97.6 Å². The fourth-order valence-corrected chi connectivity index (χ4v) is 1.51. The molecule has 0 N–H and O–H groups in total. The van der Waals surface area contributed by atoms with Gasteiger partial charge in [0.25, 0.3) is 0 Å². The molecule has 16 heavy (non-hydrogen) atoms. The van der Waals surface area contributed by atoms with E-state index < -0.39 is 0 Å². The number of hydrogen-bond donors (Lipinski definition) is 0. The Kier molecular flexibility index (Phi) is 5.03. The van der Waals surface area contributed by atoms with Crippen LogP contribution in [0.1, 0.15) is 45.1 Å². The summed E-state index contributed by atoms with van der Waals surface area (Å²) < 4.78 is 5.25. The summed E-state index contributed by atoms with van der Waals surface area (Å²) in [6, 6.07) is 10.0. The zero-order chi connectivity index (χ0) is 12.0. The molecule has 1 aromatic rings. The van der Waals surface area contributed by atoms with Crippen molar-refractivity contribution in [2.45, 2.75) is 45.6 Å². The molecule has 0 amide bonds. The lowest BCUT2D eigenvalue weighted by molar-refractivity contribution is -0.148. The van der Waals surface area contributed by atoms with Crippen molar-refractivity contribution < 1.29 is 9.53 Å². The average Bonchev–Trinajstić information content (AvgIpc) is 2.29. The first-order valence-electron chi connectivity index (χ1n) is 5.88. The summed E-state index contributed by atoms with van der Waals surface area (Å²) in [5, 5.41) is 0. The Morgan fingerprint density at radius 1 is 1.25 bits per heavy atom. The van der Waals surface area contributed by atoms with Crippen LogP contribution in [-0.4, -0.2) is 12.1 Å². The molecule has 0 saturated carbocycles. The number of benzene rings is 1. The minimum Gasteiger partial charge on any atom is -0.463 e. The van der Waals surface area contributed by atoms with Crippen LogP contribution in [0.3, 0.4) is 0 Å². The van der Waals surface area contributed by atoms with Gasteiger partial charge in [0, 0.05) is 0 Å². The average molecular weight is 220 g/mol. The topological polar surface area (TPSA) is 26.3 Å². The summed E-state index contributed by atoms with van der Waals surface area (Å²) in [4.78, 5) is 11.6. The quantitative estimate of drug-likeness (QED) is 0.710. The van der Waals surface area contributed by atoms with Gasteiger partial charge in [-0.3, -0.25) is 4.79 Å². The van der Waals surface area contributed by atoms with Crippen LogP contribution in [-0.2, 0) is 9.53 Å². The number of rotatable bonds is 5. The van der Waals surface area contributed by atoms with E-state index in [1.54, 1.807) is 0 Å². The van der Waals surface area contributed by atoms with E-state index in [4.69, 9.17) is 4.74 Å². The summed E-state index contributed by atoms with van der Waals surface area (Å²) in [6.45, 7) is 5.98. The van der Waals surface area contributed by atoms with E-state index in [1.165, 1.54) is 5.56 Å². The summed E-state index contributed by atoms with van der Waals surface area (Å²) in [6.07, 6.45) is 1.34. The molecule has 2 atom stereocenters. The SMILES string of the molecule is CCC(C)OC(=O)CC(C)c1ccccc1. The fourth-order valence-electron chi connectivity index (χ4n) is 1.51. The van der Waals surface area contributed by atoms with Crippen LogP contribution in [0.4, 0.5) is 0 Å². The lowest BCUT2D eigenvalue weighted by Gasteiger charge is -2.14. The van der Waals surface area contributed by atoms with Crippen LogP contribution in [0.15, 0.2) is 30.3 Å². The van der Waals surface area contributed by atoms with Gasteiger partial charge in [-0.25, -0.2) is 0 Å². The Morgan fingerprint density at radius 3 is 2.44 bits per heavy atom. The second kappa shape index (κ2) is 6.31. The van der Waals surface area contributed by atoms with Crippen molar-refractivity contribution in [2.75, 3.05) is 0 Å². The van der Waals surface area contributed by atoms with Crippen LogP contribution in [0, 0.1) is 0 Å². The molecule has 1 rings (SSSR count). The second-order valence-electron chi connectivity index (χ2n) is 4.22. The number of carbonyl (C=O) groups is 1. The molecule has 88 valence electrons. The predicted octanol–water partition coefficient (Wildman–Crippen LogP) is 3.52. The number of ether oxygens (including phenoxy) is 1. The monoisotopic (exact) mass is 220 g/mol. The van der Waals surface area contributed by atoms with Crippen molar-refractivity contribution in [3.05, 3.63) is 35.9 Å². The maximum absolute atomic E-state index is 11.6. The van der Waals surface area contributed by atoms with Crippen molar-refractivity contribution in [3.63, 3.8) is 0 Å². The molecule has 1 aromatic carbocycles. The first-order valence-corrected chi connectivity index (χ1v) is 5.88. The van der Waals surface area contributed by atoms with E-state index >= 15 is 0 Å². The van der Waals surface area contributed by atoms with Crippen molar-refractivity contribution in [1.29, 1.82) is 0 Å². The molecular formula is C14H20O2. The van der Waals surface area contributed by atoms with E-state index in [-0.39, 0.29) is 18.0 Å². The zero-order valence-corrected chi connectivity index (χ0v) is 10.3. The van der Waals surface area contributed by atoms with Gasteiger partial charge < -0.3 is 4.74 Å². The van der Waals surface area contributed by atoms with E-state index in [0.717, 1.165) is 6.42 Å². The van der Waals surface area contributed by atoms with Gasteiger partial charge in [0.05, 0.1) is 12.5 Å². The van der Waals surface area contributed by atoms with Gasteiger partial charge in [-0.15, -0.1) is 0 Å². The molecule has 0 fully saturated rings. The maximum atomic E-state index is 11.6. The van der Waals surface area contributed by atoms with Gasteiger partial charge in [0.1, 0.15) is 0 Å². The van der Waals surface area contributed by atoms with Crippen LogP contribution < -0.4 is 0 Å². The third-order valence-electron chi connectivity index (χ3n) is 2.75. The van der Waals surface area contributed by atoms with Crippen molar-refractivity contribution in [2.24, 2.45) is 0 Å². The smallest absolute Gasteiger partial charge is 0.306 e. The highest BCUT2D eigenvalue weighted by Gasteiger charge is 2.13. The molecule has 2 heteroatoms. The Hall–Kier alpha value is -1.31. The summed E-state index contributed by atoms with van der Waals surface area (Å²) >= 11 is 0. The third-order valence-corrected chi connectivity index (χ3v) is 2.75. The van der Waals surface area contributed by atoms with Crippen molar-refractivity contribution in [1.82, 2.24) is 0 Å². The molecule has 0 aliphatic carbocycles. The van der Waals surface area contributed by atoms with Crippen LogP contribution in [0.5, 0.6) is 0 Å². The summed E-state index contributed by atoms with van der Waals surface area (Å²) in [5.41, 5.74) is 1.18. The van der Waals surface area contributed by atoms with Gasteiger partial charge in [-0.05, 0) is 24.8 Å². The molecule has 0 bridgehead atoms. The Morgan fingerprint density at radius 2 is 1.88 bits per heavy atom. The third kappa shape index (κ3) is 4.05. The highest BCUT2D eigenvalue weighted by molar-refractivity contribution is 5.70. The predicted molar refractivity (Wildman–Crippen MR) is 65.3 cm³/mol. The largest absolute Gasteiger partial charge is 0.463 e. The molecular weight excluding hydrogens is 200 g/mol. The first kappa shape index (κ1) is 12.8. The van der Waals surface area contributed by atoms with E-state index in [0.29, 0.717) is 6.42 Å². The molecule has 0 spiro atoms. The lowest BCUT2D eigenvalue weighted by Crippen LogP contribution is -2.15. The van der Waals surface area contributed by atoms with Gasteiger partial charge in [0.15, 0.2) is 0 Å². The first-order chi connectivity index (χ1) is 7.63. The number of carbonyl (C=O) groups excluding carboxylic acids is 1. The van der Waals surface area contributed by atoms with E-state index in [1.807, 2.05) is 51.1 Å². The Balaban J connectivity index is 2.46. The molecule has 0 saturated heterocycles. The minimum atomic E-state index is -0.106. The van der Waals surface area contributed by atoms with Gasteiger partial charge in [0.2, 0.25) is 0 Å². The van der Waals surface area contributed by atoms with Crippen molar-refractivity contribution in [3.8, 4) is 0 Å². The van der Waals surface area contributed by atoms with Gasteiger partial charge in [-0.1, -0.05) is 44.2 Å². The fraction of sp³-hybridized carbons (Fsp3) is 0.500. The number of hydrogen-bond acceptors (Lipinski definition) is 2. The molecule has 0 aliphatic heterocycles. The minimum absolute atomic E-state index is 0.0236. The Bertz CT molecular complexity index is 319. The standard InChI is InChI=1S/C14H20O2/c1-4-12(3)16-14(15)10-11(2)13-8-6-5-7-9-13/h5-9,11-12H,4,10H2,1-3H3. The molecule has 2 unspecified atom stereocenters. The van der Waals surface area contributed by atoms with E-state index in [2.05, 4.69) is 0 Å². The van der Waals surface area contributed by atoms with Gasteiger partial charge >= 0.3 is 5.97 Å². The number of esters is 1. The maximum Gasteiger partial charge on any atom is 0.306 e. The van der Waals surface area contributed by atoms with Crippen molar-refractivity contribution >= 4 is 5.97 Å².